The molecule has 0 aromatic carbocycles. The molecule has 1 aliphatic heterocycles. The Morgan fingerprint density at radius 3 is 2.35 bits per heavy atom. The fourth-order valence-corrected chi connectivity index (χ4v) is 5.25. The lowest BCUT2D eigenvalue weighted by Gasteiger charge is -2.26. The number of rotatable bonds is 4. The van der Waals surface area contributed by atoms with Crippen molar-refractivity contribution in [1.29, 1.82) is 0 Å². The molecule has 0 amide bonds. The van der Waals surface area contributed by atoms with Crippen LogP contribution in [0.3, 0.4) is 0 Å². The van der Waals surface area contributed by atoms with Crippen LogP contribution in [0.2, 0.25) is 0 Å². The summed E-state index contributed by atoms with van der Waals surface area (Å²) in [6.45, 7) is 9.57. The first-order chi connectivity index (χ1) is 10.8. The number of fused-ring (bicyclic) bond motifs is 1. The van der Waals surface area contributed by atoms with E-state index in [1.54, 1.807) is 0 Å². The van der Waals surface area contributed by atoms with Crippen LogP contribution in [0.15, 0.2) is 5.03 Å². The van der Waals surface area contributed by atoms with Crippen LogP contribution in [0.5, 0.6) is 0 Å². The van der Waals surface area contributed by atoms with E-state index in [2.05, 4.69) is 10.1 Å². The SMILES string of the molecule is CC(C)c1nn2c(S(=O)(=O)N3CCOCC3)c(C(C)C)nc2s1. The van der Waals surface area contributed by atoms with Crippen molar-refractivity contribution in [2.45, 2.75) is 44.6 Å². The van der Waals surface area contributed by atoms with Crippen LogP contribution in [0, 0.1) is 0 Å². The van der Waals surface area contributed by atoms with Gasteiger partial charge in [0.05, 0.1) is 18.9 Å². The molecular weight excluding hydrogens is 336 g/mol. The lowest BCUT2D eigenvalue weighted by atomic mass is 10.2. The molecule has 9 heteroatoms. The molecule has 1 aliphatic rings. The summed E-state index contributed by atoms with van der Waals surface area (Å²) >= 11 is 1.45. The van der Waals surface area contributed by atoms with E-state index in [0.29, 0.717) is 37.0 Å². The van der Waals surface area contributed by atoms with Crippen LogP contribution in [0.1, 0.15) is 50.2 Å². The van der Waals surface area contributed by atoms with Gasteiger partial charge in [-0.2, -0.15) is 13.9 Å². The Morgan fingerprint density at radius 2 is 1.78 bits per heavy atom. The van der Waals surface area contributed by atoms with Crippen molar-refractivity contribution in [2.24, 2.45) is 0 Å². The maximum absolute atomic E-state index is 13.1. The fraction of sp³-hybridized carbons (Fsp3) is 0.714. The van der Waals surface area contributed by atoms with Gasteiger partial charge in [0, 0.05) is 19.0 Å². The highest BCUT2D eigenvalue weighted by Gasteiger charge is 2.35. The number of aromatic nitrogens is 3. The number of hydrogen-bond acceptors (Lipinski definition) is 6. The Bertz CT molecular complexity index is 801. The maximum Gasteiger partial charge on any atom is 0.262 e. The Morgan fingerprint density at radius 1 is 1.13 bits per heavy atom. The Kier molecular flexibility index (Phi) is 4.47. The molecule has 0 radical (unpaired) electrons. The first-order valence-electron chi connectivity index (χ1n) is 7.79. The molecule has 0 aliphatic carbocycles. The monoisotopic (exact) mass is 358 g/mol. The van der Waals surface area contributed by atoms with Crippen molar-refractivity contribution >= 4 is 26.3 Å². The van der Waals surface area contributed by atoms with E-state index in [4.69, 9.17) is 4.74 Å². The van der Waals surface area contributed by atoms with Gasteiger partial charge in [-0.3, -0.25) is 0 Å². The summed E-state index contributed by atoms with van der Waals surface area (Å²) in [5, 5.41) is 5.62. The van der Waals surface area contributed by atoms with Gasteiger partial charge in [0.2, 0.25) is 4.96 Å². The second kappa shape index (κ2) is 6.12. The van der Waals surface area contributed by atoms with Gasteiger partial charge < -0.3 is 4.74 Å². The first-order valence-corrected chi connectivity index (χ1v) is 10.0. The van der Waals surface area contributed by atoms with Gasteiger partial charge in [-0.05, 0) is 5.92 Å². The summed E-state index contributed by atoms with van der Waals surface area (Å²) in [7, 11) is -3.64. The third-order valence-electron chi connectivity index (χ3n) is 3.80. The molecule has 0 saturated carbocycles. The molecule has 3 heterocycles. The molecule has 3 rings (SSSR count). The van der Waals surface area contributed by atoms with Crippen molar-refractivity contribution in [3.8, 4) is 0 Å². The van der Waals surface area contributed by atoms with E-state index in [1.165, 1.54) is 20.2 Å². The average molecular weight is 358 g/mol. The molecule has 7 nitrogen and oxygen atoms in total. The fourth-order valence-electron chi connectivity index (χ4n) is 2.52. The average Bonchev–Trinajstić information content (AvgIpc) is 3.05. The molecule has 1 fully saturated rings. The second-order valence-corrected chi connectivity index (χ2v) is 9.10. The summed E-state index contributed by atoms with van der Waals surface area (Å²) in [6, 6.07) is 0. The van der Waals surface area contributed by atoms with Crippen LogP contribution in [-0.2, 0) is 14.8 Å². The minimum atomic E-state index is -3.64. The minimum Gasteiger partial charge on any atom is -0.379 e. The third-order valence-corrected chi connectivity index (χ3v) is 6.92. The van der Waals surface area contributed by atoms with Gasteiger partial charge in [0.1, 0.15) is 5.01 Å². The molecule has 0 atom stereocenters. The van der Waals surface area contributed by atoms with Crippen LogP contribution in [0.25, 0.3) is 4.96 Å². The summed E-state index contributed by atoms with van der Waals surface area (Å²) in [4.78, 5) is 5.20. The number of nitrogens with zero attached hydrogens (tertiary/aromatic N) is 4. The topological polar surface area (TPSA) is 76.8 Å². The zero-order valence-electron chi connectivity index (χ0n) is 13.8. The van der Waals surface area contributed by atoms with Crippen LogP contribution >= 0.6 is 11.3 Å². The van der Waals surface area contributed by atoms with Crippen molar-refractivity contribution in [3.63, 3.8) is 0 Å². The first kappa shape index (κ1) is 16.8. The van der Waals surface area contributed by atoms with Gasteiger partial charge in [-0.15, -0.1) is 0 Å². The predicted octanol–water partition coefficient (Wildman–Crippen LogP) is 2.06. The molecule has 128 valence electrons. The quantitative estimate of drug-likeness (QED) is 0.836. The van der Waals surface area contributed by atoms with Gasteiger partial charge >= 0.3 is 0 Å². The Hall–Kier alpha value is -1.03. The van der Waals surface area contributed by atoms with Crippen LogP contribution in [0.4, 0.5) is 0 Å². The van der Waals surface area contributed by atoms with Crippen LogP contribution in [-0.4, -0.2) is 53.6 Å². The number of morpholine rings is 1. The second-order valence-electron chi connectivity index (χ2n) is 6.26. The maximum atomic E-state index is 13.1. The van der Waals surface area contributed by atoms with Gasteiger partial charge in [-0.1, -0.05) is 39.0 Å². The standard InChI is InChI=1S/C14H22N4O3S2/c1-9(2)11-13(23(19,20)17-5-7-21-8-6-17)18-14(15-11)22-12(16-18)10(3)4/h9-10H,5-8H2,1-4H3. The molecule has 2 aromatic rings. The molecule has 0 spiro atoms. The summed E-state index contributed by atoms with van der Waals surface area (Å²) in [5.74, 6) is 0.250. The van der Waals surface area contributed by atoms with Crippen molar-refractivity contribution in [2.75, 3.05) is 26.3 Å². The van der Waals surface area contributed by atoms with E-state index in [-0.39, 0.29) is 16.9 Å². The Labute approximate surface area is 140 Å². The molecular formula is C14H22N4O3S2. The van der Waals surface area contributed by atoms with Crippen molar-refractivity contribution < 1.29 is 13.2 Å². The highest BCUT2D eigenvalue weighted by atomic mass is 32.2. The third kappa shape index (κ3) is 2.90. The van der Waals surface area contributed by atoms with E-state index < -0.39 is 10.0 Å². The lowest BCUT2D eigenvalue weighted by molar-refractivity contribution is 0.0728. The molecule has 23 heavy (non-hydrogen) atoms. The number of sulfonamides is 1. The minimum absolute atomic E-state index is 0.0113. The molecule has 0 N–H and O–H groups in total. The predicted molar refractivity (Wildman–Crippen MR) is 88.6 cm³/mol. The molecule has 0 unspecified atom stereocenters. The lowest BCUT2D eigenvalue weighted by Crippen LogP contribution is -2.41. The van der Waals surface area contributed by atoms with Crippen molar-refractivity contribution in [1.82, 2.24) is 18.9 Å². The molecule has 1 saturated heterocycles. The molecule has 2 aromatic heterocycles. The van der Waals surface area contributed by atoms with Crippen LogP contribution < -0.4 is 0 Å². The number of hydrogen-bond donors (Lipinski definition) is 0. The van der Waals surface area contributed by atoms with Crippen molar-refractivity contribution in [3.05, 3.63) is 10.7 Å². The van der Waals surface area contributed by atoms with E-state index in [1.807, 2.05) is 27.7 Å². The summed E-state index contributed by atoms with van der Waals surface area (Å²) < 4.78 is 34.5. The summed E-state index contributed by atoms with van der Waals surface area (Å²) in [6.07, 6.45) is 0. The largest absolute Gasteiger partial charge is 0.379 e. The zero-order chi connectivity index (χ0) is 16.8. The number of ether oxygens (including phenoxy) is 1. The van der Waals surface area contributed by atoms with Gasteiger partial charge in [-0.25, -0.2) is 13.4 Å². The summed E-state index contributed by atoms with van der Waals surface area (Å²) in [5.41, 5.74) is 0.588. The Balaban J connectivity index is 2.18. The highest BCUT2D eigenvalue weighted by Crippen LogP contribution is 2.31. The molecule has 0 bridgehead atoms. The highest BCUT2D eigenvalue weighted by molar-refractivity contribution is 7.89. The van der Waals surface area contributed by atoms with Gasteiger partial charge in [0.15, 0.2) is 5.03 Å². The smallest absolute Gasteiger partial charge is 0.262 e. The van der Waals surface area contributed by atoms with Gasteiger partial charge in [0.25, 0.3) is 10.0 Å². The zero-order valence-corrected chi connectivity index (χ0v) is 15.4. The number of imidazole rings is 1. The van der Waals surface area contributed by atoms with E-state index in [9.17, 15) is 8.42 Å². The normalized spacial score (nSPS) is 17.7. The van der Waals surface area contributed by atoms with E-state index in [0.717, 1.165) is 5.01 Å². The van der Waals surface area contributed by atoms with E-state index >= 15 is 0 Å².